The average molecular weight is 455 g/mol. The van der Waals surface area contributed by atoms with Crippen LogP contribution in [0.5, 0.6) is 0 Å². The Balaban J connectivity index is 1.46. The molecular formula is C26H31ClN2O3. The average Bonchev–Trinajstić information content (AvgIpc) is 3.08. The van der Waals surface area contributed by atoms with Crippen LogP contribution in [-0.4, -0.2) is 35.4 Å². The van der Waals surface area contributed by atoms with Crippen molar-refractivity contribution in [1.82, 2.24) is 9.97 Å². The normalized spacial score (nSPS) is 15.7. The number of rotatable bonds is 11. The molecule has 0 aromatic carbocycles. The SMILES string of the molecule is COC/C(=C\C/C=C\CCC(O)c1c[nH]c2ncc(Cl)cc12)OCC1=CC=C(C)CC=C1. The van der Waals surface area contributed by atoms with Crippen molar-refractivity contribution in [3.8, 4) is 0 Å². The van der Waals surface area contributed by atoms with Crippen molar-refractivity contribution < 1.29 is 14.6 Å². The third kappa shape index (κ3) is 7.23. The van der Waals surface area contributed by atoms with Gasteiger partial charge in [0, 0.05) is 30.5 Å². The van der Waals surface area contributed by atoms with E-state index in [2.05, 4.69) is 53.3 Å². The first-order chi connectivity index (χ1) is 15.6. The topological polar surface area (TPSA) is 67.4 Å². The van der Waals surface area contributed by atoms with E-state index in [1.807, 2.05) is 12.1 Å². The van der Waals surface area contributed by atoms with Crippen LogP contribution >= 0.6 is 11.6 Å². The van der Waals surface area contributed by atoms with Crippen molar-refractivity contribution in [3.05, 3.63) is 88.5 Å². The van der Waals surface area contributed by atoms with Gasteiger partial charge >= 0.3 is 0 Å². The maximum Gasteiger partial charge on any atom is 0.137 e. The van der Waals surface area contributed by atoms with E-state index in [4.69, 9.17) is 21.1 Å². The summed E-state index contributed by atoms with van der Waals surface area (Å²) in [6.45, 7) is 3.09. The number of aliphatic hydroxyl groups excluding tert-OH is 1. The number of nitrogens with one attached hydrogen (secondary N) is 1. The number of ether oxygens (including phenoxy) is 2. The van der Waals surface area contributed by atoms with Gasteiger partial charge in [-0.1, -0.05) is 53.6 Å². The number of H-pyrrole nitrogens is 1. The monoisotopic (exact) mass is 454 g/mol. The fourth-order valence-electron chi connectivity index (χ4n) is 3.44. The Morgan fingerprint density at radius 2 is 2.22 bits per heavy atom. The zero-order chi connectivity index (χ0) is 22.8. The van der Waals surface area contributed by atoms with E-state index in [1.54, 1.807) is 19.5 Å². The molecule has 0 aliphatic heterocycles. The molecule has 1 aliphatic carbocycles. The fraction of sp³-hybridized carbons (Fsp3) is 0.346. The van der Waals surface area contributed by atoms with Gasteiger partial charge in [-0.05, 0) is 50.3 Å². The van der Waals surface area contributed by atoms with Crippen LogP contribution in [0.1, 0.15) is 44.3 Å². The van der Waals surface area contributed by atoms with Crippen molar-refractivity contribution in [2.24, 2.45) is 0 Å². The second-order valence-electron chi connectivity index (χ2n) is 7.85. The second-order valence-corrected chi connectivity index (χ2v) is 8.28. The molecule has 0 saturated heterocycles. The van der Waals surface area contributed by atoms with Crippen LogP contribution in [0.3, 0.4) is 0 Å². The molecule has 0 fully saturated rings. The van der Waals surface area contributed by atoms with Gasteiger partial charge in [0.1, 0.15) is 24.6 Å². The highest BCUT2D eigenvalue weighted by Crippen LogP contribution is 2.28. The van der Waals surface area contributed by atoms with E-state index in [-0.39, 0.29) is 0 Å². The Morgan fingerprint density at radius 1 is 1.34 bits per heavy atom. The molecule has 5 nitrogen and oxygen atoms in total. The van der Waals surface area contributed by atoms with E-state index < -0.39 is 6.10 Å². The van der Waals surface area contributed by atoms with Crippen molar-refractivity contribution in [1.29, 1.82) is 0 Å². The molecule has 1 atom stereocenters. The summed E-state index contributed by atoms with van der Waals surface area (Å²) in [7, 11) is 1.67. The highest BCUT2D eigenvalue weighted by Gasteiger charge is 2.13. The van der Waals surface area contributed by atoms with E-state index >= 15 is 0 Å². The third-order valence-corrected chi connectivity index (χ3v) is 5.41. The third-order valence-electron chi connectivity index (χ3n) is 5.21. The number of pyridine rings is 1. The minimum absolute atomic E-state index is 0.440. The molecule has 170 valence electrons. The maximum atomic E-state index is 10.6. The molecule has 0 bridgehead atoms. The number of aromatic amines is 1. The molecule has 1 unspecified atom stereocenters. The molecule has 2 N–H and O–H groups in total. The number of methoxy groups -OCH3 is 1. The van der Waals surface area contributed by atoms with Gasteiger partial charge in [-0.25, -0.2) is 4.98 Å². The smallest absolute Gasteiger partial charge is 0.137 e. The summed E-state index contributed by atoms with van der Waals surface area (Å²) in [5.74, 6) is 0.819. The summed E-state index contributed by atoms with van der Waals surface area (Å²) in [5, 5.41) is 12.0. The van der Waals surface area contributed by atoms with Gasteiger partial charge in [-0.15, -0.1) is 0 Å². The highest BCUT2D eigenvalue weighted by atomic mass is 35.5. The van der Waals surface area contributed by atoms with Crippen molar-refractivity contribution in [3.63, 3.8) is 0 Å². The van der Waals surface area contributed by atoms with Crippen molar-refractivity contribution in [2.45, 2.75) is 38.7 Å². The van der Waals surface area contributed by atoms with Crippen molar-refractivity contribution in [2.75, 3.05) is 20.3 Å². The summed E-state index contributed by atoms with van der Waals surface area (Å²) in [5.41, 5.74) is 4.04. The minimum atomic E-state index is -0.574. The molecule has 2 aromatic rings. The zero-order valence-corrected chi connectivity index (χ0v) is 19.4. The Hall–Kier alpha value is -2.60. The second kappa shape index (κ2) is 12.4. The predicted octanol–water partition coefficient (Wildman–Crippen LogP) is 6.36. The summed E-state index contributed by atoms with van der Waals surface area (Å²) < 4.78 is 11.2. The molecule has 0 amide bonds. The lowest BCUT2D eigenvalue weighted by Gasteiger charge is -2.10. The zero-order valence-electron chi connectivity index (χ0n) is 18.7. The highest BCUT2D eigenvalue weighted by molar-refractivity contribution is 6.31. The maximum absolute atomic E-state index is 10.6. The standard InChI is InChI=1S/C26H31ClN2O3/c1-19-8-7-9-20(13-12-19)17-32-22(18-31-2)10-5-3-4-6-11-25(30)24-16-29-26-23(24)14-21(27)15-28-26/h3-4,7,9-10,12-16,25,30H,5-6,8,11,17-18H2,1-2H3,(H,28,29)/b4-3-,22-10+. The Bertz CT molecular complexity index is 1050. The molecule has 2 heterocycles. The van der Waals surface area contributed by atoms with Gasteiger partial charge in [-0.3, -0.25) is 0 Å². The van der Waals surface area contributed by atoms with Crippen molar-refractivity contribution >= 4 is 22.6 Å². The Labute approximate surface area is 194 Å². The minimum Gasteiger partial charge on any atom is -0.491 e. The number of hydrogen-bond donors (Lipinski definition) is 2. The molecule has 1 aliphatic rings. The number of nitrogens with zero attached hydrogens (tertiary/aromatic N) is 1. The molecule has 3 rings (SSSR count). The Morgan fingerprint density at radius 3 is 3.06 bits per heavy atom. The van der Waals surface area contributed by atoms with Gasteiger partial charge in [-0.2, -0.15) is 0 Å². The predicted molar refractivity (Wildman–Crippen MR) is 131 cm³/mol. The molecular weight excluding hydrogens is 424 g/mol. The summed E-state index contributed by atoms with van der Waals surface area (Å²) in [4.78, 5) is 7.32. The molecule has 32 heavy (non-hydrogen) atoms. The van der Waals surface area contributed by atoms with Gasteiger partial charge in [0.25, 0.3) is 0 Å². The number of aliphatic hydroxyl groups is 1. The van der Waals surface area contributed by atoms with E-state index in [0.29, 0.717) is 24.7 Å². The first-order valence-electron chi connectivity index (χ1n) is 10.9. The van der Waals surface area contributed by atoms with Gasteiger partial charge < -0.3 is 19.6 Å². The van der Waals surface area contributed by atoms with Crippen LogP contribution in [0.25, 0.3) is 11.0 Å². The Kier molecular flexibility index (Phi) is 9.35. The number of fused-ring (bicyclic) bond motifs is 1. The largest absolute Gasteiger partial charge is 0.491 e. The van der Waals surface area contributed by atoms with Gasteiger partial charge in [0.05, 0.1) is 11.1 Å². The van der Waals surface area contributed by atoms with Crippen LogP contribution in [-0.2, 0) is 9.47 Å². The van der Waals surface area contributed by atoms with Crippen LogP contribution < -0.4 is 0 Å². The van der Waals surface area contributed by atoms with Gasteiger partial charge in [0.2, 0.25) is 0 Å². The quantitative estimate of drug-likeness (QED) is 0.306. The van der Waals surface area contributed by atoms with E-state index in [0.717, 1.165) is 47.2 Å². The van der Waals surface area contributed by atoms with Gasteiger partial charge in [0.15, 0.2) is 0 Å². The number of allylic oxidation sites excluding steroid dienone is 7. The number of aromatic nitrogens is 2. The van der Waals surface area contributed by atoms with Crippen LogP contribution in [0.4, 0.5) is 0 Å². The number of halogens is 1. The summed E-state index contributed by atoms with van der Waals surface area (Å²) >= 11 is 6.04. The van der Waals surface area contributed by atoms with Crippen LogP contribution in [0, 0.1) is 0 Å². The molecule has 6 heteroatoms. The lowest BCUT2D eigenvalue weighted by atomic mass is 10.0. The van der Waals surface area contributed by atoms with E-state index in [1.165, 1.54) is 5.57 Å². The summed E-state index contributed by atoms with van der Waals surface area (Å²) in [6.07, 6.45) is 20.6. The first-order valence-corrected chi connectivity index (χ1v) is 11.2. The first kappa shape index (κ1) is 24.1. The van der Waals surface area contributed by atoms with Crippen LogP contribution in [0.15, 0.2) is 77.9 Å². The fourth-order valence-corrected chi connectivity index (χ4v) is 3.60. The lowest BCUT2D eigenvalue weighted by molar-refractivity contribution is 0.142. The number of hydrogen-bond acceptors (Lipinski definition) is 4. The van der Waals surface area contributed by atoms with E-state index in [9.17, 15) is 5.11 Å². The summed E-state index contributed by atoms with van der Waals surface area (Å²) in [6, 6.07) is 1.83. The molecule has 0 saturated carbocycles. The molecule has 2 aromatic heterocycles. The lowest BCUT2D eigenvalue weighted by Crippen LogP contribution is -2.03. The van der Waals surface area contributed by atoms with Crippen LogP contribution in [0.2, 0.25) is 5.02 Å². The molecule has 0 radical (unpaired) electrons. The molecule has 0 spiro atoms.